The van der Waals surface area contributed by atoms with E-state index in [-0.39, 0.29) is 0 Å². The van der Waals surface area contributed by atoms with Crippen molar-refractivity contribution in [3.8, 4) is 11.3 Å². The van der Waals surface area contributed by atoms with Gasteiger partial charge >= 0.3 is 0 Å². The molecule has 116 valence electrons. The van der Waals surface area contributed by atoms with Gasteiger partial charge in [-0.3, -0.25) is 0 Å². The van der Waals surface area contributed by atoms with Gasteiger partial charge in [-0.05, 0) is 55.0 Å². The highest BCUT2D eigenvalue weighted by atomic mass is 14.9. The number of fused-ring (bicyclic) bond motifs is 1. The van der Waals surface area contributed by atoms with Gasteiger partial charge in [0.1, 0.15) is 7.05 Å². The van der Waals surface area contributed by atoms with Crippen molar-refractivity contribution in [3.05, 3.63) is 65.7 Å². The van der Waals surface area contributed by atoms with Crippen molar-refractivity contribution in [1.82, 2.24) is 0 Å². The Kier molecular flexibility index (Phi) is 3.65. The van der Waals surface area contributed by atoms with Crippen LogP contribution in [0.15, 0.2) is 54.6 Å². The molecule has 1 heterocycles. The van der Waals surface area contributed by atoms with Crippen LogP contribution in [0.1, 0.15) is 42.7 Å². The van der Waals surface area contributed by atoms with Crippen LogP contribution in [-0.2, 0) is 7.05 Å². The van der Waals surface area contributed by atoms with Crippen LogP contribution < -0.4 is 4.57 Å². The van der Waals surface area contributed by atoms with Crippen LogP contribution in [0.5, 0.6) is 0 Å². The summed E-state index contributed by atoms with van der Waals surface area (Å²) in [7, 11) is 2.18. The molecule has 0 amide bonds. The normalized spacial score (nSPS) is 15.4. The van der Waals surface area contributed by atoms with E-state index < -0.39 is 0 Å². The molecule has 2 aromatic carbocycles. The zero-order valence-corrected chi connectivity index (χ0v) is 14.0. The number of aromatic nitrogens is 1. The zero-order chi connectivity index (χ0) is 15.8. The molecular weight excluding hydrogens is 278 g/mol. The quantitative estimate of drug-likeness (QED) is 0.566. The first kappa shape index (κ1) is 14.4. The van der Waals surface area contributed by atoms with E-state index in [1.807, 2.05) is 0 Å². The van der Waals surface area contributed by atoms with Gasteiger partial charge < -0.3 is 0 Å². The summed E-state index contributed by atoms with van der Waals surface area (Å²) in [5, 5.41) is 1.36. The van der Waals surface area contributed by atoms with Gasteiger partial charge in [0.2, 0.25) is 11.2 Å². The lowest BCUT2D eigenvalue weighted by Crippen LogP contribution is -2.32. The van der Waals surface area contributed by atoms with E-state index in [0.717, 1.165) is 5.92 Å². The molecule has 1 heteroatoms. The highest BCUT2D eigenvalue weighted by Gasteiger charge is 2.20. The summed E-state index contributed by atoms with van der Waals surface area (Å²) >= 11 is 0. The molecule has 0 aliphatic heterocycles. The van der Waals surface area contributed by atoms with E-state index in [2.05, 4.69) is 73.1 Å². The molecule has 1 aliphatic rings. The standard InChI is InChI=1S/C22H24N/c1-16-7-3-6-10-20(16)22-14-12-19-15-18(17-8-4-5-9-17)11-13-21(19)23(22)2/h3,6-7,10-15,17H,4-5,8-9H2,1-2H3/q+1. The fourth-order valence-electron chi connectivity index (χ4n) is 4.07. The van der Waals surface area contributed by atoms with Gasteiger partial charge in [-0.2, -0.15) is 4.57 Å². The molecule has 4 rings (SSSR count). The van der Waals surface area contributed by atoms with Crippen LogP contribution in [0.4, 0.5) is 0 Å². The lowest BCUT2D eigenvalue weighted by molar-refractivity contribution is -0.633. The third-order valence-electron chi connectivity index (χ3n) is 5.44. The van der Waals surface area contributed by atoms with Crippen LogP contribution in [0.2, 0.25) is 0 Å². The van der Waals surface area contributed by atoms with Crippen LogP contribution in [0, 0.1) is 6.92 Å². The molecule has 0 saturated heterocycles. The molecule has 1 saturated carbocycles. The van der Waals surface area contributed by atoms with E-state index in [4.69, 9.17) is 0 Å². The van der Waals surface area contributed by atoms with E-state index in [1.165, 1.54) is 59.0 Å². The first-order valence-electron chi connectivity index (χ1n) is 8.73. The van der Waals surface area contributed by atoms with Gasteiger partial charge in [0.15, 0.2) is 0 Å². The van der Waals surface area contributed by atoms with Crippen molar-refractivity contribution in [3.63, 3.8) is 0 Å². The molecule has 1 aliphatic carbocycles. The minimum absolute atomic E-state index is 0.778. The summed E-state index contributed by atoms with van der Waals surface area (Å²) in [5.41, 5.74) is 6.76. The average molecular weight is 302 g/mol. The highest BCUT2D eigenvalue weighted by molar-refractivity contribution is 5.79. The number of benzene rings is 2. The lowest BCUT2D eigenvalue weighted by atomic mass is 9.95. The molecule has 23 heavy (non-hydrogen) atoms. The van der Waals surface area contributed by atoms with E-state index in [0.29, 0.717) is 0 Å². The maximum Gasteiger partial charge on any atom is 0.213 e. The maximum atomic E-state index is 2.41. The Morgan fingerprint density at radius 1 is 0.913 bits per heavy atom. The van der Waals surface area contributed by atoms with Crippen LogP contribution in [0.3, 0.4) is 0 Å². The Morgan fingerprint density at radius 3 is 2.48 bits per heavy atom. The Balaban J connectivity index is 1.83. The molecular formula is C22H24N+. The van der Waals surface area contributed by atoms with E-state index in [9.17, 15) is 0 Å². The zero-order valence-electron chi connectivity index (χ0n) is 14.0. The van der Waals surface area contributed by atoms with Crippen molar-refractivity contribution in [2.45, 2.75) is 38.5 Å². The Morgan fingerprint density at radius 2 is 1.70 bits per heavy atom. The van der Waals surface area contributed by atoms with E-state index in [1.54, 1.807) is 0 Å². The predicted octanol–water partition coefficient (Wildman–Crippen LogP) is 5.30. The smallest absolute Gasteiger partial charge is 0.194 e. The van der Waals surface area contributed by atoms with Gasteiger partial charge in [-0.15, -0.1) is 0 Å². The topological polar surface area (TPSA) is 3.88 Å². The van der Waals surface area contributed by atoms with Crippen molar-refractivity contribution in [2.24, 2.45) is 7.05 Å². The van der Waals surface area contributed by atoms with Gasteiger partial charge in [0.05, 0.1) is 0 Å². The molecule has 1 aromatic heterocycles. The maximum absolute atomic E-state index is 2.41. The van der Waals surface area contributed by atoms with Gasteiger partial charge in [0, 0.05) is 23.1 Å². The largest absolute Gasteiger partial charge is 0.213 e. The predicted molar refractivity (Wildman–Crippen MR) is 96.5 cm³/mol. The summed E-state index contributed by atoms with van der Waals surface area (Å²) in [4.78, 5) is 0. The second-order valence-electron chi connectivity index (χ2n) is 6.89. The number of pyridine rings is 1. The average Bonchev–Trinajstić information content (AvgIpc) is 3.10. The summed E-state index contributed by atoms with van der Waals surface area (Å²) < 4.78 is 2.33. The molecule has 0 atom stereocenters. The van der Waals surface area contributed by atoms with Crippen LogP contribution in [0.25, 0.3) is 22.2 Å². The van der Waals surface area contributed by atoms with Crippen LogP contribution >= 0.6 is 0 Å². The SMILES string of the molecule is Cc1ccccc1-c1ccc2cc(C3CCCC3)ccc2[n+]1C. The van der Waals surface area contributed by atoms with Crippen molar-refractivity contribution in [2.75, 3.05) is 0 Å². The van der Waals surface area contributed by atoms with E-state index >= 15 is 0 Å². The molecule has 0 unspecified atom stereocenters. The summed E-state index contributed by atoms with van der Waals surface area (Å²) in [6.07, 6.45) is 5.50. The molecule has 0 N–H and O–H groups in total. The number of hydrogen-bond donors (Lipinski definition) is 0. The molecule has 0 radical (unpaired) electrons. The van der Waals surface area contributed by atoms with Crippen LogP contribution in [-0.4, -0.2) is 0 Å². The number of rotatable bonds is 2. The number of hydrogen-bond acceptors (Lipinski definition) is 0. The monoisotopic (exact) mass is 302 g/mol. The Hall–Kier alpha value is -2.15. The molecule has 3 aromatic rings. The second kappa shape index (κ2) is 5.81. The molecule has 0 spiro atoms. The number of aryl methyl sites for hydroxylation is 2. The van der Waals surface area contributed by atoms with Crippen molar-refractivity contribution in [1.29, 1.82) is 0 Å². The molecule has 0 bridgehead atoms. The molecule has 1 nitrogen and oxygen atoms in total. The first-order chi connectivity index (χ1) is 11.2. The molecule has 1 fully saturated rings. The van der Waals surface area contributed by atoms with Gasteiger partial charge in [-0.1, -0.05) is 37.1 Å². The fraction of sp³-hybridized carbons (Fsp3) is 0.318. The van der Waals surface area contributed by atoms with Crippen molar-refractivity contribution >= 4 is 10.9 Å². The first-order valence-corrected chi connectivity index (χ1v) is 8.73. The van der Waals surface area contributed by atoms with Gasteiger partial charge in [-0.25, -0.2) is 0 Å². The van der Waals surface area contributed by atoms with Crippen molar-refractivity contribution < 1.29 is 4.57 Å². The Bertz CT molecular complexity index is 857. The number of nitrogens with zero attached hydrogens (tertiary/aromatic N) is 1. The third kappa shape index (κ3) is 2.55. The summed E-state index contributed by atoms with van der Waals surface area (Å²) in [6, 6.07) is 20.2. The summed E-state index contributed by atoms with van der Waals surface area (Å²) in [6.45, 7) is 2.18. The fourth-order valence-corrected chi connectivity index (χ4v) is 4.07. The highest BCUT2D eigenvalue weighted by Crippen LogP contribution is 2.35. The third-order valence-corrected chi connectivity index (χ3v) is 5.44. The second-order valence-corrected chi connectivity index (χ2v) is 6.89. The lowest BCUT2D eigenvalue weighted by Gasteiger charge is -2.11. The van der Waals surface area contributed by atoms with Gasteiger partial charge in [0.25, 0.3) is 0 Å². The minimum atomic E-state index is 0.778. The Labute approximate surface area is 138 Å². The summed E-state index contributed by atoms with van der Waals surface area (Å²) in [5.74, 6) is 0.778. The minimum Gasteiger partial charge on any atom is -0.194 e.